The summed E-state index contributed by atoms with van der Waals surface area (Å²) in [6.45, 7) is 2.07. The maximum absolute atomic E-state index is 11.9. The summed E-state index contributed by atoms with van der Waals surface area (Å²) in [5, 5.41) is 2.92. The van der Waals surface area contributed by atoms with Crippen molar-refractivity contribution in [2.75, 3.05) is 19.7 Å². The molecule has 0 fully saturated rings. The van der Waals surface area contributed by atoms with Crippen molar-refractivity contribution in [1.82, 2.24) is 5.32 Å². The van der Waals surface area contributed by atoms with E-state index in [2.05, 4.69) is 17.4 Å². The summed E-state index contributed by atoms with van der Waals surface area (Å²) in [4.78, 5) is 11.9. The highest BCUT2D eigenvalue weighted by molar-refractivity contribution is 5.85. The van der Waals surface area contributed by atoms with Gasteiger partial charge in [-0.15, -0.1) is 12.4 Å². The van der Waals surface area contributed by atoms with Crippen LogP contribution in [0.1, 0.15) is 36.5 Å². The number of nitrogens with one attached hydrogen (secondary N) is 1. The Bertz CT molecular complexity index is 426. The van der Waals surface area contributed by atoms with Crippen LogP contribution in [-0.4, -0.2) is 25.6 Å². The Morgan fingerprint density at radius 1 is 1.35 bits per heavy atom. The standard InChI is InChI=1S/C15H22N2O2.ClH/c16-8-3-4-9-17-15(18)11-14-13-6-2-1-5-12(13)7-10-19-14;/h1-2,5-6,14H,3-4,7-11,16H2,(H,17,18);1H. The first-order valence-corrected chi connectivity index (χ1v) is 6.97. The quantitative estimate of drug-likeness (QED) is 0.789. The summed E-state index contributed by atoms with van der Waals surface area (Å²) in [5.74, 6) is 0.0544. The Morgan fingerprint density at radius 3 is 2.95 bits per heavy atom. The molecule has 20 heavy (non-hydrogen) atoms. The highest BCUT2D eigenvalue weighted by Gasteiger charge is 2.22. The van der Waals surface area contributed by atoms with Crippen molar-refractivity contribution in [1.29, 1.82) is 0 Å². The molecule has 1 unspecified atom stereocenters. The van der Waals surface area contributed by atoms with Gasteiger partial charge < -0.3 is 15.8 Å². The smallest absolute Gasteiger partial charge is 0.222 e. The number of carbonyl (C=O) groups excluding carboxylic acids is 1. The summed E-state index contributed by atoms with van der Waals surface area (Å²) >= 11 is 0. The number of ether oxygens (including phenoxy) is 1. The van der Waals surface area contributed by atoms with Crippen LogP contribution in [0.4, 0.5) is 0 Å². The predicted molar refractivity (Wildman–Crippen MR) is 82.0 cm³/mol. The maximum atomic E-state index is 11.9. The normalized spacial score (nSPS) is 16.9. The first-order chi connectivity index (χ1) is 9.31. The first kappa shape index (κ1) is 17.0. The third-order valence-corrected chi connectivity index (χ3v) is 3.42. The van der Waals surface area contributed by atoms with Crippen LogP contribution in [0.2, 0.25) is 0 Å². The molecule has 4 nitrogen and oxygen atoms in total. The molecule has 0 radical (unpaired) electrons. The van der Waals surface area contributed by atoms with Gasteiger partial charge in [-0.05, 0) is 36.9 Å². The van der Waals surface area contributed by atoms with Crippen molar-refractivity contribution in [3.05, 3.63) is 35.4 Å². The Kier molecular flexibility index (Phi) is 7.59. The number of halogens is 1. The van der Waals surface area contributed by atoms with Gasteiger partial charge in [-0.1, -0.05) is 24.3 Å². The number of carbonyl (C=O) groups is 1. The SMILES string of the molecule is Cl.NCCCCNC(=O)CC1OCCc2ccccc21. The highest BCUT2D eigenvalue weighted by Crippen LogP contribution is 2.29. The van der Waals surface area contributed by atoms with Gasteiger partial charge in [-0.2, -0.15) is 0 Å². The average molecular weight is 299 g/mol. The molecule has 0 saturated carbocycles. The molecule has 1 aromatic carbocycles. The summed E-state index contributed by atoms with van der Waals surface area (Å²) in [6, 6.07) is 8.21. The number of hydrogen-bond acceptors (Lipinski definition) is 3. The molecule has 1 amide bonds. The summed E-state index contributed by atoms with van der Waals surface area (Å²) < 4.78 is 5.72. The number of unbranched alkanes of at least 4 members (excludes halogenated alkanes) is 1. The minimum Gasteiger partial charge on any atom is -0.373 e. The van der Waals surface area contributed by atoms with Gasteiger partial charge >= 0.3 is 0 Å². The minimum atomic E-state index is -0.0977. The number of benzene rings is 1. The monoisotopic (exact) mass is 298 g/mol. The minimum absolute atomic E-state index is 0. The van der Waals surface area contributed by atoms with E-state index in [1.165, 1.54) is 5.56 Å². The second kappa shape index (κ2) is 8.95. The van der Waals surface area contributed by atoms with Gasteiger partial charge in [0.05, 0.1) is 19.1 Å². The van der Waals surface area contributed by atoms with Crippen LogP contribution >= 0.6 is 12.4 Å². The Labute approximate surface area is 126 Å². The van der Waals surface area contributed by atoms with Crippen LogP contribution in [0.15, 0.2) is 24.3 Å². The van der Waals surface area contributed by atoms with E-state index in [0.29, 0.717) is 26.1 Å². The lowest BCUT2D eigenvalue weighted by Gasteiger charge is -2.25. The van der Waals surface area contributed by atoms with Gasteiger partial charge in [0.2, 0.25) is 5.91 Å². The van der Waals surface area contributed by atoms with E-state index >= 15 is 0 Å². The molecule has 1 aliphatic rings. The Hall–Kier alpha value is -1.10. The van der Waals surface area contributed by atoms with E-state index in [0.717, 1.165) is 24.8 Å². The van der Waals surface area contributed by atoms with Crippen LogP contribution in [0.3, 0.4) is 0 Å². The molecule has 0 aromatic heterocycles. The number of hydrogen-bond donors (Lipinski definition) is 2. The maximum Gasteiger partial charge on any atom is 0.222 e. The largest absolute Gasteiger partial charge is 0.373 e. The van der Waals surface area contributed by atoms with Crippen LogP contribution < -0.4 is 11.1 Å². The van der Waals surface area contributed by atoms with Gasteiger partial charge in [-0.25, -0.2) is 0 Å². The molecule has 0 spiro atoms. The van der Waals surface area contributed by atoms with Crippen molar-refractivity contribution >= 4 is 18.3 Å². The number of nitrogens with two attached hydrogens (primary N) is 1. The van der Waals surface area contributed by atoms with Gasteiger partial charge in [0.15, 0.2) is 0 Å². The van der Waals surface area contributed by atoms with Crippen LogP contribution in [0.25, 0.3) is 0 Å². The van der Waals surface area contributed by atoms with Gasteiger partial charge in [0, 0.05) is 6.54 Å². The van der Waals surface area contributed by atoms with E-state index < -0.39 is 0 Å². The van der Waals surface area contributed by atoms with Gasteiger partial charge in [-0.3, -0.25) is 4.79 Å². The predicted octanol–water partition coefficient (Wildman–Crippen LogP) is 1.97. The van der Waals surface area contributed by atoms with E-state index in [9.17, 15) is 4.79 Å². The van der Waals surface area contributed by atoms with Crippen molar-refractivity contribution < 1.29 is 9.53 Å². The van der Waals surface area contributed by atoms with Crippen LogP contribution in [-0.2, 0) is 16.0 Å². The number of amides is 1. The Morgan fingerprint density at radius 2 is 2.15 bits per heavy atom. The van der Waals surface area contributed by atoms with E-state index in [4.69, 9.17) is 10.5 Å². The summed E-state index contributed by atoms with van der Waals surface area (Å²) in [7, 11) is 0. The van der Waals surface area contributed by atoms with E-state index in [-0.39, 0.29) is 24.4 Å². The fourth-order valence-electron chi connectivity index (χ4n) is 2.38. The van der Waals surface area contributed by atoms with Crippen molar-refractivity contribution in [2.45, 2.75) is 31.8 Å². The molecular formula is C15H23ClN2O2. The van der Waals surface area contributed by atoms with Crippen LogP contribution in [0.5, 0.6) is 0 Å². The van der Waals surface area contributed by atoms with Crippen molar-refractivity contribution in [2.24, 2.45) is 5.73 Å². The van der Waals surface area contributed by atoms with Gasteiger partial charge in [0.25, 0.3) is 0 Å². The first-order valence-electron chi connectivity index (χ1n) is 6.97. The van der Waals surface area contributed by atoms with Crippen molar-refractivity contribution in [3.63, 3.8) is 0 Å². The number of fused-ring (bicyclic) bond motifs is 1. The molecular weight excluding hydrogens is 276 g/mol. The molecule has 2 rings (SSSR count). The zero-order valence-electron chi connectivity index (χ0n) is 11.6. The second-order valence-corrected chi connectivity index (χ2v) is 4.86. The summed E-state index contributed by atoms with van der Waals surface area (Å²) in [6.07, 6.45) is 3.12. The third-order valence-electron chi connectivity index (χ3n) is 3.42. The molecule has 3 N–H and O–H groups in total. The Balaban J connectivity index is 0.00000200. The third kappa shape index (κ3) is 4.78. The fraction of sp³-hybridized carbons (Fsp3) is 0.533. The molecule has 1 atom stereocenters. The van der Waals surface area contributed by atoms with Crippen LogP contribution in [0, 0.1) is 0 Å². The summed E-state index contributed by atoms with van der Waals surface area (Å²) in [5.41, 5.74) is 7.87. The van der Waals surface area contributed by atoms with Crippen molar-refractivity contribution in [3.8, 4) is 0 Å². The number of rotatable bonds is 6. The lowest BCUT2D eigenvalue weighted by molar-refractivity contribution is -0.124. The lowest BCUT2D eigenvalue weighted by Crippen LogP contribution is -2.28. The fourth-order valence-corrected chi connectivity index (χ4v) is 2.38. The lowest BCUT2D eigenvalue weighted by atomic mass is 9.95. The molecule has 1 aliphatic heterocycles. The zero-order valence-corrected chi connectivity index (χ0v) is 12.5. The molecule has 0 saturated heterocycles. The second-order valence-electron chi connectivity index (χ2n) is 4.86. The molecule has 1 heterocycles. The molecule has 5 heteroatoms. The average Bonchev–Trinajstić information content (AvgIpc) is 2.44. The zero-order chi connectivity index (χ0) is 13.5. The topological polar surface area (TPSA) is 64.3 Å². The molecule has 0 bridgehead atoms. The highest BCUT2D eigenvalue weighted by atomic mass is 35.5. The molecule has 1 aromatic rings. The van der Waals surface area contributed by atoms with E-state index in [1.807, 2.05) is 12.1 Å². The van der Waals surface area contributed by atoms with E-state index in [1.54, 1.807) is 0 Å². The van der Waals surface area contributed by atoms with Gasteiger partial charge in [0.1, 0.15) is 0 Å². The molecule has 0 aliphatic carbocycles. The molecule has 112 valence electrons.